The number of carbonyl (C=O) groups excluding carboxylic acids is 3. The van der Waals surface area contributed by atoms with E-state index in [2.05, 4.69) is 5.32 Å². The highest BCUT2D eigenvalue weighted by Crippen LogP contribution is 2.26. The summed E-state index contributed by atoms with van der Waals surface area (Å²) in [7, 11) is -5.29. The number of nitrogens with zero attached hydrogens (tertiary/aromatic N) is 2. The van der Waals surface area contributed by atoms with Crippen molar-refractivity contribution in [1.82, 2.24) is 14.5 Å². The lowest BCUT2D eigenvalue weighted by Gasteiger charge is -2.35. The van der Waals surface area contributed by atoms with Crippen LogP contribution in [0.4, 0.5) is 4.79 Å². The highest BCUT2D eigenvalue weighted by Gasteiger charge is 2.45. The number of nitrogens with one attached hydrogen (secondary N) is 1. The Kier molecular flexibility index (Phi) is 10.1. The van der Waals surface area contributed by atoms with E-state index in [1.165, 1.54) is 55.4 Å². The number of hydrogen-bond acceptors (Lipinski definition) is 10. The van der Waals surface area contributed by atoms with Gasteiger partial charge < -0.3 is 19.7 Å². The minimum atomic E-state index is -4.68. The lowest BCUT2D eigenvalue weighted by Crippen LogP contribution is -2.60. The number of amides is 2. The molecule has 0 bridgehead atoms. The molecule has 2 amide bonds. The number of rotatable bonds is 8. The molecule has 0 aliphatic carbocycles. The van der Waals surface area contributed by atoms with Gasteiger partial charge in [-0.05, 0) is 57.5 Å². The van der Waals surface area contributed by atoms with E-state index in [9.17, 15) is 31.2 Å². The van der Waals surface area contributed by atoms with E-state index < -0.39 is 61.3 Å². The minimum Gasteiger partial charge on any atom is -0.458 e. The van der Waals surface area contributed by atoms with E-state index in [1.54, 1.807) is 39.8 Å². The van der Waals surface area contributed by atoms with Crippen LogP contribution in [0.3, 0.4) is 0 Å². The molecule has 1 fully saturated rings. The van der Waals surface area contributed by atoms with Gasteiger partial charge in [0.1, 0.15) is 23.4 Å². The van der Waals surface area contributed by atoms with E-state index in [4.69, 9.17) is 9.47 Å². The molecule has 230 valence electrons. The van der Waals surface area contributed by atoms with Gasteiger partial charge in [0.2, 0.25) is 0 Å². The van der Waals surface area contributed by atoms with Crippen LogP contribution in [0.15, 0.2) is 53.4 Å². The van der Waals surface area contributed by atoms with E-state index in [1.807, 2.05) is 0 Å². The lowest BCUT2D eigenvalue weighted by molar-refractivity contribution is -0.162. The van der Waals surface area contributed by atoms with Crippen molar-refractivity contribution < 1.29 is 40.7 Å². The fraction of sp³-hybridized carbons (Fsp3) is 0.464. The van der Waals surface area contributed by atoms with Gasteiger partial charge in [-0.1, -0.05) is 29.8 Å². The summed E-state index contributed by atoms with van der Waals surface area (Å²) in [4.78, 5) is 40.5. The molecule has 0 aromatic heterocycles. The van der Waals surface area contributed by atoms with Crippen LogP contribution in [-0.4, -0.2) is 93.8 Å². The van der Waals surface area contributed by atoms with E-state index in [0.717, 1.165) is 5.56 Å². The molecule has 1 aliphatic heterocycles. The molecule has 0 saturated carbocycles. The first kappa shape index (κ1) is 33.0. The summed E-state index contributed by atoms with van der Waals surface area (Å²) < 4.78 is 64.2. The summed E-state index contributed by atoms with van der Waals surface area (Å²) in [5.41, 5.74) is 0.163. The molecule has 2 atom stereocenters. The number of aryl methyl sites for hydroxylation is 1. The van der Waals surface area contributed by atoms with Gasteiger partial charge >= 0.3 is 12.1 Å². The van der Waals surface area contributed by atoms with Crippen LogP contribution < -0.4 is 10.1 Å². The molecular weight excluding hydrogens is 586 g/mol. The van der Waals surface area contributed by atoms with Crippen LogP contribution in [0.1, 0.15) is 31.9 Å². The Morgan fingerprint density at radius 3 is 2.14 bits per heavy atom. The zero-order valence-electron chi connectivity index (χ0n) is 24.5. The maximum absolute atomic E-state index is 14.1. The van der Waals surface area contributed by atoms with Crippen molar-refractivity contribution in [2.75, 3.05) is 32.1 Å². The topological polar surface area (TPSA) is 156 Å². The maximum Gasteiger partial charge on any atom is 0.414 e. The van der Waals surface area contributed by atoms with Gasteiger partial charge in [0.15, 0.2) is 9.84 Å². The molecule has 1 aliphatic rings. The molecule has 1 saturated heterocycles. The summed E-state index contributed by atoms with van der Waals surface area (Å²) in [6.45, 7) is 6.52. The Morgan fingerprint density at radius 2 is 1.62 bits per heavy atom. The average molecular weight is 624 g/mol. The standard InChI is InChI=1S/C28H37N3O9S2/c1-19-7-13-22(14-8-19)42(37,38)31(25(32)23-18-41(35,36)16-15-29-23)24(26(33)40-28(2,3)4)17-20-9-11-21(12-10-20)39-27(34)30(5)6/h7-14,23-24,29H,15-18H2,1-6H3/t23?,24-/m0/s1. The van der Waals surface area contributed by atoms with Crippen molar-refractivity contribution in [3.05, 3.63) is 59.7 Å². The fourth-order valence-corrected chi connectivity index (χ4v) is 7.03. The van der Waals surface area contributed by atoms with Gasteiger partial charge in [-0.2, -0.15) is 0 Å². The zero-order chi connectivity index (χ0) is 31.5. The number of hydrogen-bond donors (Lipinski definition) is 1. The van der Waals surface area contributed by atoms with Crippen molar-refractivity contribution in [3.8, 4) is 5.75 Å². The smallest absolute Gasteiger partial charge is 0.414 e. The van der Waals surface area contributed by atoms with E-state index >= 15 is 0 Å². The first-order valence-electron chi connectivity index (χ1n) is 13.2. The lowest BCUT2D eigenvalue weighted by atomic mass is 10.0. The molecule has 1 unspecified atom stereocenters. The predicted molar refractivity (Wildman–Crippen MR) is 155 cm³/mol. The van der Waals surface area contributed by atoms with Gasteiger partial charge in [0.05, 0.1) is 16.4 Å². The van der Waals surface area contributed by atoms with Gasteiger partial charge in [0, 0.05) is 27.1 Å². The van der Waals surface area contributed by atoms with Crippen LogP contribution in [-0.2, 0) is 40.6 Å². The highest BCUT2D eigenvalue weighted by atomic mass is 32.2. The molecule has 0 spiro atoms. The molecule has 2 aromatic carbocycles. The molecule has 12 nitrogen and oxygen atoms in total. The molecule has 14 heteroatoms. The molecule has 3 rings (SSSR count). The fourth-order valence-electron chi connectivity index (χ4n) is 4.10. The second kappa shape index (κ2) is 12.8. The van der Waals surface area contributed by atoms with Crippen molar-refractivity contribution in [2.45, 2.75) is 56.7 Å². The maximum atomic E-state index is 14.1. The first-order chi connectivity index (χ1) is 19.4. The summed E-state index contributed by atoms with van der Waals surface area (Å²) >= 11 is 0. The third kappa shape index (κ3) is 8.52. The summed E-state index contributed by atoms with van der Waals surface area (Å²) in [6, 6.07) is 8.64. The van der Waals surface area contributed by atoms with Gasteiger partial charge in [0.25, 0.3) is 15.9 Å². The SMILES string of the molecule is Cc1ccc(S(=O)(=O)N(C(=O)C2CS(=O)(=O)CCN2)[C@@H](Cc2ccc(OC(=O)N(C)C)cc2)C(=O)OC(C)(C)C)cc1. The minimum absolute atomic E-state index is 0.0542. The average Bonchev–Trinajstić information content (AvgIpc) is 2.87. The van der Waals surface area contributed by atoms with Crippen molar-refractivity contribution >= 4 is 37.8 Å². The second-order valence-corrected chi connectivity index (χ2v) is 15.3. The second-order valence-electron chi connectivity index (χ2n) is 11.2. The van der Waals surface area contributed by atoms with Gasteiger partial charge in [-0.3, -0.25) is 4.79 Å². The summed E-state index contributed by atoms with van der Waals surface area (Å²) in [5.74, 6) is -2.71. The zero-order valence-corrected chi connectivity index (χ0v) is 26.1. The number of sulfonamides is 1. The Hall–Kier alpha value is -3.49. The van der Waals surface area contributed by atoms with Crippen LogP contribution in [0.5, 0.6) is 5.75 Å². The van der Waals surface area contributed by atoms with Gasteiger partial charge in [-0.15, -0.1) is 0 Å². The molecular formula is C28H37N3O9S2. The monoisotopic (exact) mass is 623 g/mol. The van der Waals surface area contributed by atoms with Crippen LogP contribution in [0.2, 0.25) is 0 Å². The number of sulfone groups is 1. The molecule has 0 radical (unpaired) electrons. The van der Waals surface area contributed by atoms with Crippen LogP contribution >= 0.6 is 0 Å². The van der Waals surface area contributed by atoms with Crippen LogP contribution in [0.25, 0.3) is 0 Å². The Balaban J connectivity index is 2.12. The first-order valence-corrected chi connectivity index (χ1v) is 16.5. The van der Waals surface area contributed by atoms with Crippen molar-refractivity contribution in [2.24, 2.45) is 0 Å². The quantitative estimate of drug-likeness (QED) is 0.431. The molecule has 2 aromatic rings. The number of carbonyl (C=O) groups is 3. The van der Waals surface area contributed by atoms with Gasteiger partial charge in [-0.25, -0.2) is 30.7 Å². The molecule has 42 heavy (non-hydrogen) atoms. The number of esters is 1. The molecule has 1 heterocycles. The summed E-state index contributed by atoms with van der Waals surface area (Å²) in [6.07, 6.45) is -0.905. The highest BCUT2D eigenvalue weighted by molar-refractivity contribution is 7.91. The Morgan fingerprint density at radius 1 is 1.02 bits per heavy atom. The third-order valence-electron chi connectivity index (χ3n) is 6.20. The normalized spacial score (nSPS) is 17.5. The third-order valence-corrected chi connectivity index (χ3v) is 9.69. The summed E-state index contributed by atoms with van der Waals surface area (Å²) in [5, 5.41) is 2.79. The van der Waals surface area contributed by atoms with E-state index in [0.29, 0.717) is 9.87 Å². The number of benzene rings is 2. The Labute approximate surface area is 246 Å². The van der Waals surface area contributed by atoms with E-state index in [-0.39, 0.29) is 29.4 Å². The van der Waals surface area contributed by atoms with Crippen molar-refractivity contribution in [1.29, 1.82) is 0 Å². The Bertz CT molecular complexity index is 1510. The van der Waals surface area contributed by atoms with Crippen LogP contribution in [0, 0.1) is 6.92 Å². The number of ether oxygens (including phenoxy) is 2. The largest absolute Gasteiger partial charge is 0.458 e. The molecule has 1 N–H and O–H groups in total. The predicted octanol–water partition coefficient (Wildman–Crippen LogP) is 1.91. The van der Waals surface area contributed by atoms with Crippen molar-refractivity contribution in [3.63, 3.8) is 0 Å².